The zero-order valence-corrected chi connectivity index (χ0v) is 14.8. The van der Waals surface area contributed by atoms with Crippen molar-refractivity contribution >= 4 is 41.4 Å². The lowest BCUT2D eigenvalue weighted by atomic mass is 9.89. The van der Waals surface area contributed by atoms with Crippen LogP contribution in [0.4, 0.5) is 5.69 Å². The summed E-state index contributed by atoms with van der Waals surface area (Å²) in [4.78, 5) is 5.76. The molecular weight excluding hydrogens is 321 g/mol. The first-order chi connectivity index (χ1) is 9.65. The van der Waals surface area contributed by atoms with Gasteiger partial charge in [0.05, 0.1) is 0 Å². The normalized spacial score (nSPS) is 15.4. The van der Waals surface area contributed by atoms with Crippen LogP contribution in [0.3, 0.4) is 0 Å². The maximum atomic E-state index is 8.93. The highest BCUT2D eigenvalue weighted by Crippen LogP contribution is 2.33. The lowest BCUT2D eigenvalue weighted by Crippen LogP contribution is -2.29. The van der Waals surface area contributed by atoms with Gasteiger partial charge in [-0.25, -0.2) is 0 Å². The highest BCUT2D eigenvalue weighted by molar-refractivity contribution is 5.86. The van der Waals surface area contributed by atoms with Gasteiger partial charge < -0.3 is 20.7 Å². The van der Waals surface area contributed by atoms with Crippen LogP contribution in [-0.2, 0) is 0 Å². The molecule has 3 N–H and O–H groups in total. The first kappa shape index (κ1) is 21.1. The Bertz CT molecular complexity index is 551. The minimum absolute atomic E-state index is 0. The number of aromatic amines is 1. The molecule has 2 aromatic rings. The molecule has 2 heterocycles. The number of hydrogen-bond acceptors (Lipinski definition) is 3. The van der Waals surface area contributed by atoms with Gasteiger partial charge in [0.15, 0.2) is 0 Å². The average molecular weight is 347 g/mol. The monoisotopic (exact) mass is 346 g/mol. The van der Waals surface area contributed by atoms with Gasteiger partial charge in [0.2, 0.25) is 0 Å². The standard InChI is InChI=1S/C14H19N3.C2H5O.2ClH/c1-17-6-4-10(5-7-17)13-9-16-14-3-2-11(15)8-12(13)14;1-2-3;;/h2-3,8-10,16H,4-7,15H2,1H3;2H2,1H3;2*1H/q;-1;;. The summed E-state index contributed by atoms with van der Waals surface area (Å²) >= 11 is 0. The number of nitrogens with one attached hydrogen (secondary N) is 1. The number of nitrogen functional groups attached to an aromatic ring is 1. The van der Waals surface area contributed by atoms with Crippen molar-refractivity contribution < 1.29 is 5.11 Å². The Hall–Kier alpha value is -0.940. The van der Waals surface area contributed by atoms with E-state index in [0.717, 1.165) is 5.69 Å². The van der Waals surface area contributed by atoms with Crippen LogP contribution in [0.15, 0.2) is 24.4 Å². The highest BCUT2D eigenvalue weighted by Gasteiger charge is 2.20. The summed E-state index contributed by atoms with van der Waals surface area (Å²) in [6, 6.07) is 6.12. The van der Waals surface area contributed by atoms with Crippen LogP contribution in [0.5, 0.6) is 0 Å². The van der Waals surface area contributed by atoms with Crippen molar-refractivity contribution in [3.8, 4) is 0 Å². The lowest BCUT2D eigenvalue weighted by molar-refractivity contribution is -0.361. The van der Waals surface area contributed by atoms with Crippen LogP contribution < -0.4 is 10.8 Å². The first-order valence-electron chi connectivity index (χ1n) is 7.28. The summed E-state index contributed by atoms with van der Waals surface area (Å²) < 4.78 is 0. The Labute approximate surface area is 144 Å². The summed E-state index contributed by atoms with van der Waals surface area (Å²) in [6.45, 7) is 3.96. The van der Waals surface area contributed by atoms with Crippen molar-refractivity contribution in [2.75, 3.05) is 32.5 Å². The number of nitrogens with zero attached hydrogens (tertiary/aromatic N) is 1. The van der Waals surface area contributed by atoms with E-state index in [1.165, 1.54) is 42.4 Å². The molecule has 3 rings (SSSR count). The van der Waals surface area contributed by atoms with Crippen LogP contribution >= 0.6 is 24.8 Å². The van der Waals surface area contributed by atoms with Crippen molar-refractivity contribution in [2.45, 2.75) is 25.7 Å². The quantitative estimate of drug-likeness (QED) is 0.780. The minimum Gasteiger partial charge on any atom is -0.855 e. The minimum atomic E-state index is 0. The predicted molar refractivity (Wildman–Crippen MR) is 97.2 cm³/mol. The zero-order valence-electron chi connectivity index (χ0n) is 13.2. The van der Waals surface area contributed by atoms with E-state index in [-0.39, 0.29) is 31.4 Å². The molecular formula is C16H26Cl2N3O-. The molecule has 1 aliphatic heterocycles. The molecule has 1 aromatic heterocycles. The van der Waals surface area contributed by atoms with E-state index < -0.39 is 0 Å². The molecule has 4 nitrogen and oxygen atoms in total. The molecule has 1 aromatic carbocycles. The van der Waals surface area contributed by atoms with Crippen molar-refractivity contribution in [3.05, 3.63) is 30.0 Å². The smallest absolute Gasteiger partial charge is 0.0458 e. The van der Waals surface area contributed by atoms with Gasteiger partial charge in [-0.2, -0.15) is 0 Å². The van der Waals surface area contributed by atoms with Crippen molar-refractivity contribution in [3.63, 3.8) is 0 Å². The molecule has 126 valence electrons. The molecule has 0 bridgehead atoms. The highest BCUT2D eigenvalue weighted by atomic mass is 35.5. The molecule has 1 fully saturated rings. The third-order valence-corrected chi connectivity index (χ3v) is 3.90. The maximum absolute atomic E-state index is 8.93. The molecule has 6 heteroatoms. The number of benzene rings is 1. The summed E-state index contributed by atoms with van der Waals surface area (Å²) in [5.41, 5.74) is 9.38. The number of halogens is 2. The predicted octanol–water partition coefficient (Wildman–Crippen LogP) is 2.77. The van der Waals surface area contributed by atoms with E-state index in [2.05, 4.69) is 35.3 Å². The Balaban J connectivity index is 0.000000820. The van der Waals surface area contributed by atoms with Crippen molar-refractivity contribution in [1.29, 1.82) is 0 Å². The second-order valence-corrected chi connectivity index (χ2v) is 5.42. The number of H-pyrrole nitrogens is 1. The second-order valence-electron chi connectivity index (χ2n) is 5.42. The Morgan fingerprint density at radius 3 is 2.45 bits per heavy atom. The van der Waals surface area contributed by atoms with Crippen LogP contribution in [-0.4, -0.2) is 36.6 Å². The molecule has 0 radical (unpaired) electrons. The molecule has 1 aliphatic rings. The van der Waals surface area contributed by atoms with E-state index in [9.17, 15) is 0 Å². The van der Waals surface area contributed by atoms with Gasteiger partial charge in [-0.1, -0.05) is 6.92 Å². The van der Waals surface area contributed by atoms with Gasteiger partial charge in [0.1, 0.15) is 0 Å². The molecule has 1 saturated heterocycles. The molecule has 0 unspecified atom stereocenters. The van der Waals surface area contributed by atoms with Gasteiger partial charge in [0.25, 0.3) is 0 Å². The van der Waals surface area contributed by atoms with Gasteiger partial charge >= 0.3 is 0 Å². The number of aromatic nitrogens is 1. The number of anilines is 1. The van der Waals surface area contributed by atoms with Gasteiger partial charge in [-0.15, -0.1) is 31.4 Å². The fourth-order valence-electron chi connectivity index (χ4n) is 2.82. The largest absolute Gasteiger partial charge is 0.855 e. The molecule has 0 saturated carbocycles. The van der Waals surface area contributed by atoms with E-state index in [1.54, 1.807) is 6.92 Å². The number of likely N-dealkylation sites (tertiary alicyclic amines) is 1. The van der Waals surface area contributed by atoms with Crippen LogP contribution in [0.25, 0.3) is 10.9 Å². The summed E-state index contributed by atoms with van der Waals surface area (Å²) in [5.74, 6) is 0.682. The van der Waals surface area contributed by atoms with E-state index in [4.69, 9.17) is 10.8 Å². The molecule has 0 atom stereocenters. The number of rotatable bonds is 1. The lowest BCUT2D eigenvalue weighted by Gasteiger charge is -2.28. The summed E-state index contributed by atoms with van der Waals surface area (Å²) in [6.07, 6.45) is 4.66. The van der Waals surface area contributed by atoms with Crippen molar-refractivity contribution in [2.24, 2.45) is 0 Å². The van der Waals surface area contributed by atoms with Gasteiger partial charge in [0, 0.05) is 22.8 Å². The fraction of sp³-hybridized carbons (Fsp3) is 0.500. The van der Waals surface area contributed by atoms with E-state index >= 15 is 0 Å². The molecule has 0 spiro atoms. The third-order valence-electron chi connectivity index (χ3n) is 3.90. The Morgan fingerprint density at radius 1 is 1.27 bits per heavy atom. The maximum Gasteiger partial charge on any atom is 0.0458 e. The van der Waals surface area contributed by atoms with Gasteiger partial charge in [-0.3, -0.25) is 0 Å². The number of hydrogen-bond donors (Lipinski definition) is 2. The molecule has 22 heavy (non-hydrogen) atoms. The van der Waals surface area contributed by atoms with Crippen LogP contribution in [0.1, 0.15) is 31.2 Å². The van der Waals surface area contributed by atoms with E-state index in [1.807, 2.05) is 6.07 Å². The summed E-state index contributed by atoms with van der Waals surface area (Å²) in [5, 5.41) is 10.2. The van der Waals surface area contributed by atoms with E-state index in [0.29, 0.717) is 5.92 Å². The Morgan fingerprint density at radius 2 is 1.86 bits per heavy atom. The summed E-state index contributed by atoms with van der Waals surface area (Å²) in [7, 11) is 2.20. The second kappa shape index (κ2) is 9.95. The molecule has 0 amide bonds. The fourth-order valence-corrected chi connectivity index (χ4v) is 2.82. The first-order valence-corrected chi connectivity index (χ1v) is 7.28. The van der Waals surface area contributed by atoms with Gasteiger partial charge in [-0.05, 0) is 62.7 Å². The molecule has 0 aliphatic carbocycles. The number of nitrogens with two attached hydrogens (primary N) is 1. The topological polar surface area (TPSA) is 68.1 Å². The number of piperidine rings is 1. The Kier molecular flexibility index (Phi) is 9.53. The van der Waals surface area contributed by atoms with Crippen molar-refractivity contribution in [1.82, 2.24) is 9.88 Å². The van der Waals surface area contributed by atoms with Crippen LogP contribution in [0.2, 0.25) is 0 Å². The zero-order chi connectivity index (χ0) is 14.5. The number of fused-ring (bicyclic) bond motifs is 1. The average Bonchev–Trinajstić information content (AvgIpc) is 2.83. The van der Waals surface area contributed by atoms with Crippen LogP contribution in [0, 0.1) is 0 Å². The SMILES string of the molecule is CC[O-].CN1CCC(c2c[nH]c3ccc(N)cc23)CC1.Cl.Cl. The third kappa shape index (κ3) is 5.06.